The van der Waals surface area contributed by atoms with Crippen LogP contribution >= 0.6 is 7.82 Å². The summed E-state index contributed by atoms with van der Waals surface area (Å²) in [5.41, 5.74) is 0. The van der Waals surface area contributed by atoms with Crippen LogP contribution in [0.5, 0.6) is 0 Å². The van der Waals surface area contributed by atoms with Crippen LogP contribution in [-0.2, 0) is 27.9 Å². The summed E-state index contributed by atoms with van der Waals surface area (Å²) >= 11 is 0. The van der Waals surface area contributed by atoms with Crippen molar-refractivity contribution in [3.05, 3.63) is 109 Å². The SMILES string of the molecule is CC/C=C\C/C=C\C/C=C\C/C=C\C/C=C\C/C=C\CCC(=O)NC(COP(=O)(O)OCC[N+](C)(C)C)C(/C=C\CCCCCCCCCCC)OC(=O)CCCCCCCCC/C=C/C/C=C/CC. The van der Waals surface area contributed by atoms with E-state index in [0.29, 0.717) is 23.9 Å². The minimum Gasteiger partial charge on any atom is -0.456 e. The van der Waals surface area contributed by atoms with Crippen LogP contribution < -0.4 is 5.32 Å². The van der Waals surface area contributed by atoms with Gasteiger partial charge in [-0.25, -0.2) is 4.57 Å². The third-order valence-electron chi connectivity index (χ3n) is 11.5. The first-order chi connectivity index (χ1) is 33.9. The summed E-state index contributed by atoms with van der Waals surface area (Å²) in [6, 6.07) is -0.897. The second kappa shape index (κ2) is 49.3. The highest BCUT2D eigenvalue weighted by molar-refractivity contribution is 7.47. The first-order valence-corrected chi connectivity index (χ1v) is 29.2. The molecule has 0 aromatic rings. The van der Waals surface area contributed by atoms with Gasteiger partial charge in [-0.05, 0) is 96.0 Å². The lowest BCUT2D eigenvalue weighted by atomic mass is 10.1. The fraction of sp³-hybridized carbons (Fsp3) is 0.667. The number of hydrogen-bond donors (Lipinski definition) is 2. The standard InChI is InChI=1S/C60H103N2O7P/c1-7-10-13-16-19-22-25-27-29-30-31-32-33-34-37-40-43-46-49-52-59(63)61-57(56-68-70(65,66)67-55-54-62(4,5)6)58(51-48-45-42-39-36-24-21-18-15-12-9-3)69-60(64)53-50-47-44-41-38-35-28-26-23-20-17-14-11-8-2/h10-11,13-14,19-20,22-23,27,29,31-32,34,37,43,46,48,51,57-58H,7-9,12,15-18,21,24-26,28,30,33,35-36,38-42,44-45,47,49-50,52-56H2,1-6H3,(H-,61,63,65,66)/p+1/b13-10-,14-11+,22-19-,23-20+,29-27-,32-31-,37-34-,46-43-,51-48-. The average molecular weight is 996 g/mol. The van der Waals surface area contributed by atoms with Gasteiger partial charge >= 0.3 is 13.8 Å². The van der Waals surface area contributed by atoms with Crippen LogP contribution in [-0.4, -0.2) is 74.3 Å². The summed E-state index contributed by atoms with van der Waals surface area (Å²) in [5, 5.41) is 2.99. The number of likely N-dealkylation sites (N-methyl/N-ethyl adjacent to an activating group) is 1. The molecule has 0 saturated heterocycles. The molecule has 9 nitrogen and oxygen atoms in total. The predicted octanol–water partition coefficient (Wildman–Crippen LogP) is 16.6. The number of esters is 1. The van der Waals surface area contributed by atoms with Gasteiger partial charge in [0.25, 0.3) is 0 Å². The van der Waals surface area contributed by atoms with Gasteiger partial charge in [0.2, 0.25) is 5.91 Å². The van der Waals surface area contributed by atoms with E-state index in [1.807, 2.05) is 45.4 Å². The van der Waals surface area contributed by atoms with Gasteiger partial charge in [-0.15, -0.1) is 0 Å². The van der Waals surface area contributed by atoms with E-state index >= 15 is 0 Å². The molecule has 400 valence electrons. The van der Waals surface area contributed by atoms with Crippen molar-refractivity contribution in [2.24, 2.45) is 0 Å². The number of carbonyl (C=O) groups excluding carboxylic acids is 2. The van der Waals surface area contributed by atoms with Crippen molar-refractivity contribution in [2.45, 2.75) is 219 Å². The van der Waals surface area contributed by atoms with Gasteiger partial charge in [0, 0.05) is 12.8 Å². The minimum atomic E-state index is -4.47. The van der Waals surface area contributed by atoms with E-state index < -0.39 is 20.0 Å². The second-order valence-corrected chi connectivity index (χ2v) is 20.8. The number of ether oxygens (including phenoxy) is 1. The zero-order valence-electron chi connectivity index (χ0n) is 45.5. The molecule has 2 N–H and O–H groups in total. The number of nitrogens with zero attached hydrogens (tertiary/aromatic N) is 1. The van der Waals surface area contributed by atoms with E-state index in [2.05, 4.69) is 111 Å². The maximum atomic E-state index is 13.4. The molecule has 0 saturated carbocycles. The molecule has 0 aliphatic rings. The van der Waals surface area contributed by atoms with Crippen LogP contribution in [0.3, 0.4) is 0 Å². The second-order valence-electron chi connectivity index (χ2n) is 19.3. The van der Waals surface area contributed by atoms with Gasteiger partial charge in [0.05, 0.1) is 33.8 Å². The van der Waals surface area contributed by atoms with Gasteiger partial charge < -0.3 is 19.4 Å². The van der Waals surface area contributed by atoms with E-state index in [1.165, 1.54) is 64.2 Å². The molecule has 70 heavy (non-hydrogen) atoms. The lowest BCUT2D eigenvalue weighted by Crippen LogP contribution is -2.47. The molecule has 0 aliphatic heterocycles. The number of phosphoric ester groups is 1. The van der Waals surface area contributed by atoms with Crippen molar-refractivity contribution >= 4 is 19.7 Å². The molecular formula is C60H104N2O7P+. The maximum absolute atomic E-state index is 13.4. The van der Waals surface area contributed by atoms with E-state index in [-0.39, 0.29) is 37.9 Å². The van der Waals surface area contributed by atoms with Crippen molar-refractivity contribution in [1.29, 1.82) is 0 Å². The number of amides is 1. The summed E-state index contributed by atoms with van der Waals surface area (Å²) in [6.07, 6.45) is 66.8. The topological polar surface area (TPSA) is 111 Å². The van der Waals surface area contributed by atoms with Crippen molar-refractivity contribution in [1.82, 2.24) is 5.32 Å². The molecule has 0 aromatic carbocycles. The summed E-state index contributed by atoms with van der Waals surface area (Å²) in [4.78, 5) is 37.5. The van der Waals surface area contributed by atoms with Crippen LogP contribution in [0.2, 0.25) is 0 Å². The molecule has 1 amide bonds. The molecule has 3 atom stereocenters. The predicted molar refractivity (Wildman–Crippen MR) is 300 cm³/mol. The smallest absolute Gasteiger partial charge is 0.456 e. The molecule has 0 aliphatic carbocycles. The highest BCUT2D eigenvalue weighted by Crippen LogP contribution is 2.43. The van der Waals surface area contributed by atoms with Crippen LogP contribution in [0.15, 0.2) is 109 Å². The Morgan fingerprint density at radius 1 is 0.514 bits per heavy atom. The number of carbonyl (C=O) groups is 2. The Morgan fingerprint density at radius 2 is 0.929 bits per heavy atom. The monoisotopic (exact) mass is 996 g/mol. The number of allylic oxidation sites excluding steroid dienone is 17. The van der Waals surface area contributed by atoms with E-state index in [1.54, 1.807) is 0 Å². The number of quaternary nitrogens is 1. The average Bonchev–Trinajstić information content (AvgIpc) is 3.32. The van der Waals surface area contributed by atoms with Gasteiger partial charge in [-0.1, -0.05) is 208 Å². The van der Waals surface area contributed by atoms with Crippen molar-refractivity contribution in [3.8, 4) is 0 Å². The van der Waals surface area contributed by atoms with Crippen molar-refractivity contribution < 1.29 is 37.3 Å². The Hall–Kier alpha value is -3.33. The van der Waals surface area contributed by atoms with E-state index in [4.69, 9.17) is 13.8 Å². The van der Waals surface area contributed by atoms with Crippen LogP contribution in [0, 0.1) is 0 Å². The highest BCUT2D eigenvalue weighted by Gasteiger charge is 2.30. The molecule has 0 heterocycles. The Bertz CT molecular complexity index is 1570. The number of phosphoric acid groups is 1. The quantitative estimate of drug-likeness (QED) is 0.0205. The molecule has 0 spiro atoms. The zero-order valence-corrected chi connectivity index (χ0v) is 46.4. The van der Waals surface area contributed by atoms with Crippen molar-refractivity contribution in [2.75, 3.05) is 40.9 Å². The molecule has 0 rings (SSSR count). The summed E-state index contributed by atoms with van der Waals surface area (Å²) in [6.45, 7) is 6.69. The minimum absolute atomic E-state index is 0.0197. The third-order valence-corrected chi connectivity index (χ3v) is 12.5. The summed E-state index contributed by atoms with van der Waals surface area (Å²) in [5.74, 6) is -0.623. The van der Waals surface area contributed by atoms with Gasteiger partial charge in [0.15, 0.2) is 0 Å². The fourth-order valence-electron chi connectivity index (χ4n) is 7.23. The van der Waals surface area contributed by atoms with Crippen LogP contribution in [0.25, 0.3) is 0 Å². The molecule has 0 bridgehead atoms. The van der Waals surface area contributed by atoms with Gasteiger partial charge in [-0.3, -0.25) is 18.6 Å². The molecular weight excluding hydrogens is 892 g/mol. The van der Waals surface area contributed by atoms with Crippen LogP contribution in [0.4, 0.5) is 0 Å². The molecule has 3 unspecified atom stereocenters. The Kier molecular flexibility index (Phi) is 46.9. The van der Waals surface area contributed by atoms with Gasteiger partial charge in [0.1, 0.15) is 19.3 Å². The first-order valence-electron chi connectivity index (χ1n) is 27.7. The third kappa shape index (κ3) is 49.6. The van der Waals surface area contributed by atoms with Crippen molar-refractivity contribution in [3.63, 3.8) is 0 Å². The first kappa shape index (κ1) is 66.7. The Morgan fingerprint density at radius 3 is 1.40 bits per heavy atom. The number of unbranched alkanes of at least 4 members (excludes halogenated alkanes) is 16. The molecule has 0 fully saturated rings. The summed E-state index contributed by atoms with van der Waals surface area (Å²) in [7, 11) is 1.43. The number of nitrogens with one attached hydrogen (secondary N) is 1. The van der Waals surface area contributed by atoms with Crippen LogP contribution in [0.1, 0.15) is 207 Å². The lowest BCUT2D eigenvalue weighted by molar-refractivity contribution is -0.870. The van der Waals surface area contributed by atoms with Gasteiger partial charge in [-0.2, -0.15) is 0 Å². The molecule has 10 heteroatoms. The highest BCUT2D eigenvalue weighted by atomic mass is 31.2. The summed E-state index contributed by atoms with van der Waals surface area (Å²) < 4.78 is 30.5. The number of hydrogen-bond acceptors (Lipinski definition) is 6. The maximum Gasteiger partial charge on any atom is 0.472 e. The lowest BCUT2D eigenvalue weighted by Gasteiger charge is -2.27. The normalized spacial score (nSPS) is 14.7. The van der Waals surface area contributed by atoms with E-state index in [0.717, 1.165) is 96.3 Å². The number of rotatable bonds is 48. The van der Waals surface area contributed by atoms with E-state index in [9.17, 15) is 19.0 Å². The largest absolute Gasteiger partial charge is 0.472 e. The zero-order chi connectivity index (χ0) is 51.5. The Labute approximate surface area is 430 Å². The molecule has 0 aromatic heterocycles. The molecule has 0 radical (unpaired) electrons. The fourth-order valence-corrected chi connectivity index (χ4v) is 7.97. The Balaban J connectivity index is 5.48.